The minimum absolute atomic E-state index is 0.158. The number of aromatic nitrogens is 2. The number of nitrogens with zero attached hydrogens (tertiary/aromatic N) is 2. The molecule has 0 spiro atoms. The van der Waals surface area contributed by atoms with Gasteiger partial charge in [-0.1, -0.05) is 60.7 Å². The quantitative estimate of drug-likeness (QED) is 0.708. The van der Waals surface area contributed by atoms with E-state index in [2.05, 4.69) is 70.1 Å². The summed E-state index contributed by atoms with van der Waals surface area (Å²) in [6.07, 6.45) is 4.68. The van der Waals surface area contributed by atoms with Gasteiger partial charge in [0.15, 0.2) is 0 Å². The molecular weight excluding hydrogens is 324 g/mol. The van der Waals surface area contributed by atoms with Gasteiger partial charge in [0.25, 0.3) is 0 Å². The van der Waals surface area contributed by atoms with E-state index in [0.29, 0.717) is 0 Å². The van der Waals surface area contributed by atoms with E-state index in [1.54, 1.807) is 13.3 Å². The molecule has 1 atom stereocenters. The molecule has 0 amide bonds. The summed E-state index contributed by atoms with van der Waals surface area (Å²) in [5, 5.41) is 0. The van der Waals surface area contributed by atoms with E-state index in [1.807, 2.05) is 6.07 Å². The third-order valence-electron chi connectivity index (χ3n) is 4.61. The van der Waals surface area contributed by atoms with Gasteiger partial charge < -0.3 is 5.73 Å². The SMILES string of the molecule is CONC1=CC(c2ccccc2-c2ccccc2)Cc2nc(N)ncc21. The molecule has 0 saturated carbocycles. The Bertz CT molecular complexity index is 953. The maximum absolute atomic E-state index is 5.81. The second-order valence-electron chi connectivity index (χ2n) is 6.24. The van der Waals surface area contributed by atoms with Crippen LogP contribution >= 0.6 is 0 Å². The van der Waals surface area contributed by atoms with Crippen LogP contribution in [0.5, 0.6) is 0 Å². The van der Waals surface area contributed by atoms with Crippen LogP contribution in [-0.4, -0.2) is 17.1 Å². The van der Waals surface area contributed by atoms with Gasteiger partial charge in [-0.05, 0) is 16.7 Å². The second kappa shape index (κ2) is 6.98. The molecule has 0 bridgehead atoms. The molecule has 130 valence electrons. The summed E-state index contributed by atoms with van der Waals surface area (Å²) in [6, 6.07) is 18.9. The van der Waals surface area contributed by atoms with Gasteiger partial charge in [-0.25, -0.2) is 9.97 Å². The Morgan fingerprint density at radius 1 is 1.04 bits per heavy atom. The Labute approximate surface area is 152 Å². The highest BCUT2D eigenvalue weighted by Crippen LogP contribution is 2.37. The molecule has 5 heteroatoms. The van der Waals surface area contributed by atoms with Gasteiger partial charge in [-0.15, -0.1) is 0 Å². The molecule has 5 nitrogen and oxygen atoms in total. The first-order chi connectivity index (χ1) is 12.8. The zero-order chi connectivity index (χ0) is 17.9. The number of allylic oxidation sites excluding steroid dienone is 1. The van der Waals surface area contributed by atoms with Gasteiger partial charge in [-0.2, -0.15) is 0 Å². The van der Waals surface area contributed by atoms with E-state index < -0.39 is 0 Å². The maximum atomic E-state index is 5.81. The molecule has 3 aromatic rings. The van der Waals surface area contributed by atoms with Crippen LogP contribution in [0.2, 0.25) is 0 Å². The van der Waals surface area contributed by atoms with E-state index >= 15 is 0 Å². The maximum Gasteiger partial charge on any atom is 0.220 e. The summed E-state index contributed by atoms with van der Waals surface area (Å²) < 4.78 is 0. The first kappa shape index (κ1) is 16.3. The third-order valence-corrected chi connectivity index (χ3v) is 4.61. The Morgan fingerprint density at radius 3 is 2.62 bits per heavy atom. The standard InChI is InChI=1S/C21H20N4O/c1-26-25-20-12-15(11-19-18(20)13-23-21(22)24-19)17-10-6-5-9-16(17)14-7-3-2-4-8-14/h2-10,12-13,15,25H,11H2,1H3,(H2,22,23,24). The number of fused-ring (bicyclic) bond motifs is 1. The number of nitrogens with two attached hydrogens (primary N) is 1. The average Bonchev–Trinajstić information content (AvgIpc) is 2.68. The van der Waals surface area contributed by atoms with Gasteiger partial charge in [0.05, 0.1) is 18.5 Å². The Morgan fingerprint density at radius 2 is 1.81 bits per heavy atom. The van der Waals surface area contributed by atoms with Crippen LogP contribution in [0.25, 0.3) is 16.8 Å². The summed E-state index contributed by atoms with van der Waals surface area (Å²) in [5.74, 6) is 0.448. The number of hydrogen-bond acceptors (Lipinski definition) is 5. The molecule has 0 fully saturated rings. The predicted octanol–water partition coefficient (Wildman–Crippen LogP) is 3.56. The van der Waals surface area contributed by atoms with E-state index in [0.717, 1.165) is 23.4 Å². The van der Waals surface area contributed by atoms with Crippen LogP contribution < -0.4 is 11.2 Å². The Hall–Kier alpha value is -3.18. The van der Waals surface area contributed by atoms with Crippen LogP contribution in [0.4, 0.5) is 5.95 Å². The first-order valence-corrected chi connectivity index (χ1v) is 8.53. The fourth-order valence-corrected chi connectivity index (χ4v) is 3.47. The zero-order valence-electron chi connectivity index (χ0n) is 14.5. The second-order valence-corrected chi connectivity index (χ2v) is 6.24. The minimum Gasteiger partial charge on any atom is -0.368 e. The van der Waals surface area contributed by atoms with Crippen molar-refractivity contribution in [2.75, 3.05) is 12.8 Å². The number of benzene rings is 2. The summed E-state index contributed by atoms with van der Waals surface area (Å²) >= 11 is 0. The number of anilines is 1. The van der Waals surface area contributed by atoms with E-state index in [9.17, 15) is 0 Å². The van der Waals surface area contributed by atoms with Crippen molar-refractivity contribution in [3.63, 3.8) is 0 Å². The van der Waals surface area contributed by atoms with Crippen LogP contribution in [0.3, 0.4) is 0 Å². The highest BCUT2D eigenvalue weighted by atomic mass is 16.6. The van der Waals surface area contributed by atoms with Gasteiger partial charge in [0.1, 0.15) is 0 Å². The summed E-state index contributed by atoms with van der Waals surface area (Å²) in [4.78, 5) is 13.7. The zero-order valence-corrected chi connectivity index (χ0v) is 14.5. The molecule has 3 N–H and O–H groups in total. The van der Waals surface area contributed by atoms with Crippen molar-refractivity contribution in [2.24, 2.45) is 0 Å². The average molecular weight is 344 g/mol. The van der Waals surface area contributed by atoms with Crippen LogP contribution in [0.1, 0.15) is 22.7 Å². The fourth-order valence-electron chi connectivity index (χ4n) is 3.47. The monoisotopic (exact) mass is 344 g/mol. The van der Waals surface area contributed by atoms with Crippen LogP contribution in [0.15, 0.2) is 66.9 Å². The lowest BCUT2D eigenvalue weighted by Crippen LogP contribution is -2.20. The fraction of sp³-hybridized carbons (Fsp3) is 0.143. The summed E-state index contributed by atoms with van der Waals surface area (Å²) in [7, 11) is 1.60. The normalized spacial score (nSPS) is 15.9. The Kier molecular flexibility index (Phi) is 4.37. The van der Waals surface area contributed by atoms with Gasteiger partial charge in [0.2, 0.25) is 5.95 Å². The molecule has 26 heavy (non-hydrogen) atoms. The molecular formula is C21H20N4O. The van der Waals surface area contributed by atoms with E-state index in [1.165, 1.54) is 16.7 Å². The topological polar surface area (TPSA) is 73.1 Å². The Balaban J connectivity index is 1.81. The highest BCUT2D eigenvalue weighted by Gasteiger charge is 2.24. The molecule has 1 aliphatic rings. The number of nitrogens with one attached hydrogen (secondary N) is 1. The largest absolute Gasteiger partial charge is 0.368 e. The van der Waals surface area contributed by atoms with Crippen LogP contribution in [-0.2, 0) is 11.3 Å². The van der Waals surface area contributed by atoms with E-state index in [-0.39, 0.29) is 11.9 Å². The predicted molar refractivity (Wildman–Crippen MR) is 103 cm³/mol. The van der Waals surface area contributed by atoms with E-state index in [4.69, 9.17) is 10.6 Å². The van der Waals surface area contributed by atoms with Crippen LogP contribution in [0, 0.1) is 0 Å². The summed E-state index contributed by atoms with van der Waals surface area (Å²) in [5.41, 5.74) is 15.1. The smallest absolute Gasteiger partial charge is 0.220 e. The molecule has 1 heterocycles. The molecule has 4 rings (SSSR count). The molecule has 0 aliphatic heterocycles. The van der Waals surface area contributed by atoms with Crippen molar-refractivity contribution in [3.05, 3.63) is 83.7 Å². The number of nitrogen functional groups attached to an aromatic ring is 1. The number of rotatable bonds is 4. The van der Waals surface area contributed by atoms with Crippen molar-refractivity contribution in [3.8, 4) is 11.1 Å². The lowest BCUT2D eigenvalue weighted by molar-refractivity contribution is 0.136. The van der Waals surface area contributed by atoms with Gasteiger partial charge in [-0.3, -0.25) is 10.3 Å². The first-order valence-electron chi connectivity index (χ1n) is 8.53. The van der Waals surface area contributed by atoms with Gasteiger partial charge >= 0.3 is 0 Å². The molecule has 0 radical (unpaired) electrons. The van der Waals surface area contributed by atoms with Crippen molar-refractivity contribution >= 4 is 11.6 Å². The molecule has 1 aliphatic carbocycles. The van der Waals surface area contributed by atoms with Crippen molar-refractivity contribution in [2.45, 2.75) is 12.3 Å². The molecule has 2 aromatic carbocycles. The van der Waals surface area contributed by atoms with Crippen molar-refractivity contribution in [1.29, 1.82) is 0 Å². The number of hydroxylamine groups is 1. The minimum atomic E-state index is 0.158. The highest BCUT2D eigenvalue weighted by molar-refractivity contribution is 5.73. The number of hydrogen-bond donors (Lipinski definition) is 2. The summed E-state index contributed by atoms with van der Waals surface area (Å²) in [6.45, 7) is 0. The van der Waals surface area contributed by atoms with Crippen molar-refractivity contribution in [1.82, 2.24) is 15.4 Å². The molecule has 0 saturated heterocycles. The third kappa shape index (κ3) is 3.05. The van der Waals surface area contributed by atoms with Crippen molar-refractivity contribution < 1.29 is 4.84 Å². The van der Waals surface area contributed by atoms with Gasteiger partial charge in [0, 0.05) is 24.1 Å². The lowest BCUT2D eigenvalue weighted by Gasteiger charge is -2.25. The lowest BCUT2D eigenvalue weighted by atomic mass is 9.83. The molecule has 1 unspecified atom stereocenters. The molecule has 1 aromatic heterocycles.